The Morgan fingerprint density at radius 2 is 1.58 bits per heavy atom. The number of carbonyl (C=O) groups is 3. The highest BCUT2D eigenvalue weighted by molar-refractivity contribution is 5.84. The van der Waals surface area contributed by atoms with Gasteiger partial charge in [0.1, 0.15) is 19.8 Å². The van der Waals surface area contributed by atoms with E-state index in [1.54, 1.807) is 0 Å². The van der Waals surface area contributed by atoms with E-state index in [0.29, 0.717) is 6.42 Å². The van der Waals surface area contributed by atoms with E-state index < -0.39 is 23.2 Å². The summed E-state index contributed by atoms with van der Waals surface area (Å²) in [6.07, 6.45) is 6.87. The van der Waals surface area contributed by atoms with Gasteiger partial charge >= 0.3 is 17.9 Å². The molecule has 0 heterocycles. The van der Waals surface area contributed by atoms with Crippen LogP contribution in [-0.2, 0) is 28.6 Å². The predicted molar refractivity (Wildman–Crippen MR) is 94.9 cm³/mol. The Kier molecular flexibility index (Phi) is 6.62. The average molecular weight is 364 g/mol. The Labute approximate surface area is 154 Å². The van der Waals surface area contributed by atoms with E-state index >= 15 is 0 Å². The molecule has 6 nitrogen and oxygen atoms in total. The van der Waals surface area contributed by atoms with Gasteiger partial charge in [0, 0.05) is 0 Å². The molecule has 0 aliphatic heterocycles. The minimum absolute atomic E-state index is 0.00430. The van der Waals surface area contributed by atoms with E-state index in [1.807, 2.05) is 32.9 Å². The van der Waals surface area contributed by atoms with Crippen LogP contribution in [0.2, 0.25) is 0 Å². The van der Waals surface area contributed by atoms with Crippen LogP contribution in [0.25, 0.3) is 0 Å². The molecule has 144 valence electrons. The molecule has 2 rings (SSSR count). The summed E-state index contributed by atoms with van der Waals surface area (Å²) in [5.41, 5.74) is -0.556. The molecule has 1 saturated carbocycles. The van der Waals surface area contributed by atoms with Gasteiger partial charge in [-0.1, -0.05) is 31.7 Å². The van der Waals surface area contributed by atoms with Crippen LogP contribution in [0.4, 0.5) is 0 Å². The summed E-state index contributed by atoms with van der Waals surface area (Å²) in [4.78, 5) is 36.7. The van der Waals surface area contributed by atoms with Crippen molar-refractivity contribution in [1.29, 1.82) is 0 Å². The van der Waals surface area contributed by atoms with Crippen molar-refractivity contribution in [1.82, 2.24) is 0 Å². The maximum absolute atomic E-state index is 12.5. The average Bonchev–Trinajstić information content (AvgIpc) is 3.24. The van der Waals surface area contributed by atoms with Gasteiger partial charge in [-0.2, -0.15) is 0 Å². The zero-order valence-corrected chi connectivity index (χ0v) is 15.7. The Balaban J connectivity index is 1.86. The third kappa shape index (κ3) is 4.34. The van der Waals surface area contributed by atoms with E-state index in [9.17, 15) is 14.4 Å². The number of rotatable bonds is 9. The molecule has 4 atom stereocenters. The number of ether oxygens (including phenoxy) is 3. The molecule has 0 amide bonds. The molecule has 2 aliphatic rings. The van der Waals surface area contributed by atoms with Crippen LogP contribution in [0, 0.1) is 29.1 Å². The fraction of sp³-hybridized carbons (Fsp3) is 0.650. The molecule has 0 radical (unpaired) electrons. The maximum Gasteiger partial charge on any atom is 0.311 e. The minimum atomic E-state index is -0.556. The Morgan fingerprint density at radius 1 is 1.04 bits per heavy atom. The van der Waals surface area contributed by atoms with Crippen LogP contribution in [0.5, 0.6) is 0 Å². The van der Waals surface area contributed by atoms with Crippen LogP contribution >= 0.6 is 0 Å². The van der Waals surface area contributed by atoms with E-state index in [4.69, 9.17) is 14.2 Å². The summed E-state index contributed by atoms with van der Waals surface area (Å²) in [6, 6.07) is 0. The summed E-state index contributed by atoms with van der Waals surface area (Å²) < 4.78 is 15.6. The first-order valence-electron chi connectivity index (χ1n) is 9.11. The zero-order chi connectivity index (χ0) is 19.3. The summed E-state index contributed by atoms with van der Waals surface area (Å²) >= 11 is 0. The first-order valence-corrected chi connectivity index (χ1v) is 9.11. The van der Waals surface area contributed by atoms with Crippen molar-refractivity contribution in [3.05, 3.63) is 24.8 Å². The van der Waals surface area contributed by atoms with Gasteiger partial charge in [-0.25, -0.2) is 0 Å². The molecule has 26 heavy (non-hydrogen) atoms. The molecule has 0 aromatic carbocycles. The smallest absolute Gasteiger partial charge is 0.311 e. The molecular formula is C20H28O6. The van der Waals surface area contributed by atoms with Gasteiger partial charge in [0.05, 0.1) is 17.3 Å². The molecule has 2 aliphatic carbocycles. The van der Waals surface area contributed by atoms with Crippen molar-refractivity contribution in [2.24, 2.45) is 29.1 Å². The van der Waals surface area contributed by atoms with Crippen molar-refractivity contribution in [2.75, 3.05) is 19.8 Å². The van der Waals surface area contributed by atoms with E-state index in [1.165, 1.54) is 6.08 Å². The second-order valence-electron chi connectivity index (χ2n) is 7.46. The second-order valence-corrected chi connectivity index (χ2v) is 7.46. The lowest BCUT2D eigenvalue weighted by Crippen LogP contribution is -2.36. The van der Waals surface area contributed by atoms with Crippen LogP contribution in [0.15, 0.2) is 24.8 Å². The number of hydrogen-bond donors (Lipinski definition) is 0. The van der Waals surface area contributed by atoms with Gasteiger partial charge < -0.3 is 14.2 Å². The summed E-state index contributed by atoms with van der Waals surface area (Å²) in [5, 5.41) is 0. The lowest BCUT2D eigenvalue weighted by atomic mass is 9.83. The molecule has 2 bridgehead atoms. The van der Waals surface area contributed by atoms with Crippen LogP contribution in [0.3, 0.4) is 0 Å². The largest absolute Gasteiger partial charge is 0.462 e. The molecule has 0 spiro atoms. The number of allylic oxidation sites excluding steroid dienone is 2. The van der Waals surface area contributed by atoms with Gasteiger partial charge in [0.2, 0.25) is 0 Å². The number of hydrogen-bond acceptors (Lipinski definition) is 6. The standard InChI is InChI=1S/C20H28O6/c1-5-9-24-17(21)15-13-7-8-14(12-13)16(15)18(22)25-10-11-26-19(23)20(3,4)6-2/h5,7-8,13-16H,1,6,9-12H2,2-4H3. The first kappa shape index (κ1) is 20.2. The normalized spacial score (nSPS) is 26.4. The molecule has 1 fully saturated rings. The lowest BCUT2D eigenvalue weighted by Gasteiger charge is -2.25. The highest BCUT2D eigenvalue weighted by atomic mass is 16.6. The summed E-state index contributed by atoms with van der Waals surface area (Å²) in [7, 11) is 0. The highest BCUT2D eigenvalue weighted by Crippen LogP contribution is 2.49. The predicted octanol–water partition coefficient (Wildman–Crippen LogP) is 2.68. The highest BCUT2D eigenvalue weighted by Gasteiger charge is 2.53. The van der Waals surface area contributed by atoms with Gasteiger partial charge in [-0.05, 0) is 38.5 Å². The summed E-state index contributed by atoms with van der Waals surface area (Å²) in [5.74, 6) is -2.18. The van der Waals surface area contributed by atoms with E-state index in [-0.39, 0.29) is 43.6 Å². The van der Waals surface area contributed by atoms with Crippen molar-refractivity contribution in [3.8, 4) is 0 Å². The number of esters is 3. The van der Waals surface area contributed by atoms with Crippen molar-refractivity contribution < 1.29 is 28.6 Å². The second kappa shape index (κ2) is 8.52. The van der Waals surface area contributed by atoms with Crippen molar-refractivity contribution in [2.45, 2.75) is 33.6 Å². The fourth-order valence-electron chi connectivity index (χ4n) is 3.41. The molecule has 0 aromatic heterocycles. The van der Waals surface area contributed by atoms with Crippen molar-refractivity contribution in [3.63, 3.8) is 0 Å². The SMILES string of the molecule is C=CCOC(=O)C1C2C=CC(C2)C1C(=O)OCCOC(=O)C(C)(C)CC. The molecule has 0 saturated heterocycles. The first-order chi connectivity index (χ1) is 12.3. The van der Waals surface area contributed by atoms with Gasteiger partial charge in [0.15, 0.2) is 0 Å². The van der Waals surface area contributed by atoms with E-state index in [0.717, 1.165) is 6.42 Å². The topological polar surface area (TPSA) is 78.9 Å². The fourth-order valence-corrected chi connectivity index (χ4v) is 3.41. The monoisotopic (exact) mass is 364 g/mol. The number of fused-ring (bicyclic) bond motifs is 2. The summed E-state index contributed by atoms with van der Waals surface area (Å²) in [6.45, 7) is 9.17. The maximum atomic E-state index is 12.5. The molecule has 0 aromatic rings. The Bertz CT molecular complexity index is 591. The van der Waals surface area contributed by atoms with Crippen LogP contribution < -0.4 is 0 Å². The molecular weight excluding hydrogens is 336 g/mol. The Hall–Kier alpha value is -2.11. The molecule has 4 unspecified atom stereocenters. The minimum Gasteiger partial charge on any atom is -0.462 e. The lowest BCUT2D eigenvalue weighted by molar-refractivity contribution is -0.164. The zero-order valence-electron chi connectivity index (χ0n) is 15.7. The molecule has 6 heteroatoms. The van der Waals surface area contributed by atoms with Crippen LogP contribution in [-0.4, -0.2) is 37.7 Å². The van der Waals surface area contributed by atoms with Gasteiger partial charge in [0.25, 0.3) is 0 Å². The third-order valence-corrected chi connectivity index (χ3v) is 5.34. The number of carbonyl (C=O) groups excluding carboxylic acids is 3. The van der Waals surface area contributed by atoms with Crippen molar-refractivity contribution >= 4 is 17.9 Å². The van der Waals surface area contributed by atoms with Crippen LogP contribution in [0.1, 0.15) is 33.6 Å². The van der Waals surface area contributed by atoms with Gasteiger partial charge in [-0.15, -0.1) is 0 Å². The quantitative estimate of drug-likeness (QED) is 0.271. The van der Waals surface area contributed by atoms with Gasteiger partial charge in [-0.3, -0.25) is 14.4 Å². The molecule has 0 N–H and O–H groups in total. The third-order valence-electron chi connectivity index (χ3n) is 5.34. The Morgan fingerprint density at radius 3 is 2.12 bits per heavy atom. The van der Waals surface area contributed by atoms with E-state index in [2.05, 4.69) is 6.58 Å².